The zero-order valence-corrected chi connectivity index (χ0v) is 14.4. The van der Waals surface area contributed by atoms with Crippen LogP contribution in [0.1, 0.15) is 33.6 Å². The highest BCUT2D eigenvalue weighted by Gasteiger charge is 2.57. The van der Waals surface area contributed by atoms with Gasteiger partial charge in [0.2, 0.25) is 5.91 Å². The average Bonchev–Trinajstić information content (AvgIpc) is 3.10. The number of carbonyl (C=O) groups is 2. The predicted molar refractivity (Wildman–Crippen MR) is 87.9 cm³/mol. The van der Waals surface area contributed by atoms with Gasteiger partial charge in [-0.1, -0.05) is 18.1 Å². The number of piperazine rings is 1. The molecule has 0 aromatic carbocycles. The minimum Gasteiger partial charge on any atom is -0.481 e. The van der Waals surface area contributed by atoms with Crippen LogP contribution in [-0.4, -0.2) is 59.5 Å². The zero-order chi connectivity index (χ0) is 16.7. The van der Waals surface area contributed by atoms with E-state index in [0.29, 0.717) is 0 Å². The molecule has 1 aliphatic heterocycles. The van der Waals surface area contributed by atoms with E-state index in [-0.39, 0.29) is 23.7 Å². The molecule has 0 radical (unpaired) electrons. The maximum absolute atomic E-state index is 13.1. The zero-order valence-electron chi connectivity index (χ0n) is 14.4. The number of fused-ring (bicyclic) bond motifs is 2. The second-order valence-electron chi connectivity index (χ2n) is 7.40. The van der Waals surface area contributed by atoms with Crippen molar-refractivity contribution in [3.8, 4) is 0 Å². The van der Waals surface area contributed by atoms with Crippen molar-refractivity contribution in [1.29, 1.82) is 0 Å². The number of amides is 1. The van der Waals surface area contributed by atoms with Crippen LogP contribution in [0.4, 0.5) is 0 Å². The summed E-state index contributed by atoms with van der Waals surface area (Å²) >= 11 is 0. The minimum absolute atomic E-state index is 0.0772. The SMILES string of the molecule is CCN1CCN(C(=O)[C@@H]2[C@H](C(=O)O)[C@H]3CC[C@H]2C3=C(C)C)CC1. The molecular weight excluding hydrogens is 292 g/mol. The lowest BCUT2D eigenvalue weighted by molar-refractivity contribution is -0.153. The summed E-state index contributed by atoms with van der Waals surface area (Å²) in [7, 11) is 0. The normalized spacial score (nSPS) is 34.0. The summed E-state index contributed by atoms with van der Waals surface area (Å²) in [5.41, 5.74) is 2.48. The van der Waals surface area contributed by atoms with Crippen molar-refractivity contribution in [3.63, 3.8) is 0 Å². The Hall–Kier alpha value is -1.36. The van der Waals surface area contributed by atoms with Crippen molar-refractivity contribution in [3.05, 3.63) is 11.1 Å². The molecular formula is C18H28N2O3. The quantitative estimate of drug-likeness (QED) is 0.806. The standard InChI is InChI=1S/C18H28N2O3/c1-4-19-7-9-20(10-8-19)17(21)15-12-5-6-13(14(12)11(2)3)16(15)18(22)23/h12-13,15-16H,4-10H2,1-3H3,(H,22,23)/t12-,13-,15-,16+/m0/s1. The van der Waals surface area contributed by atoms with Crippen molar-refractivity contribution >= 4 is 11.9 Å². The molecule has 128 valence electrons. The smallest absolute Gasteiger partial charge is 0.307 e. The molecule has 2 aliphatic carbocycles. The summed E-state index contributed by atoms with van der Waals surface area (Å²) < 4.78 is 0. The molecule has 1 saturated heterocycles. The van der Waals surface area contributed by atoms with Gasteiger partial charge < -0.3 is 14.9 Å². The molecule has 3 aliphatic rings. The lowest BCUT2D eigenvalue weighted by Gasteiger charge is -2.37. The molecule has 4 atom stereocenters. The van der Waals surface area contributed by atoms with Gasteiger partial charge in [0.05, 0.1) is 11.8 Å². The van der Waals surface area contributed by atoms with Crippen LogP contribution in [0.25, 0.3) is 0 Å². The van der Waals surface area contributed by atoms with E-state index in [0.717, 1.165) is 45.6 Å². The number of carboxylic acids is 1. The first kappa shape index (κ1) is 16.5. The third-order valence-corrected chi connectivity index (χ3v) is 6.12. The van der Waals surface area contributed by atoms with Crippen LogP contribution in [0.15, 0.2) is 11.1 Å². The highest BCUT2D eigenvalue weighted by atomic mass is 16.4. The van der Waals surface area contributed by atoms with E-state index in [1.165, 1.54) is 11.1 Å². The van der Waals surface area contributed by atoms with Crippen molar-refractivity contribution in [1.82, 2.24) is 9.80 Å². The number of hydrogen-bond acceptors (Lipinski definition) is 3. The van der Waals surface area contributed by atoms with Gasteiger partial charge in [-0.05, 0) is 45.1 Å². The number of allylic oxidation sites excluding steroid dienone is 2. The van der Waals surface area contributed by atoms with Crippen molar-refractivity contribution in [2.75, 3.05) is 32.7 Å². The summed E-state index contributed by atoms with van der Waals surface area (Å²) in [6.07, 6.45) is 1.90. The van der Waals surface area contributed by atoms with Gasteiger partial charge in [-0.15, -0.1) is 0 Å². The molecule has 1 amide bonds. The molecule has 3 rings (SSSR count). The van der Waals surface area contributed by atoms with E-state index >= 15 is 0 Å². The summed E-state index contributed by atoms with van der Waals surface area (Å²) in [5, 5.41) is 9.73. The first-order chi connectivity index (χ1) is 11.0. The molecule has 0 aromatic heterocycles. The largest absolute Gasteiger partial charge is 0.481 e. The van der Waals surface area contributed by atoms with Gasteiger partial charge in [-0.25, -0.2) is 0 Å². The Morgan fingerprint density at radius 1 is 1.04 bits per heavy atom. The third kappa shape index (κ3) is 2.69. The van der Waals surface area contributed by atoms with E-state index in [2.05, 4.69) is 25.7 Å². The number of aliphatic carboxylic acids is 1. The first-order valence-electron chi connectivity index (χ1n) is 8.86. The Labute approximate surface area is 138 Å². The van der Waals surface area contributed by atoms with Gasteiger partial charge in [0.25, 0.3) is 0 Å². The molecule has 1 N–H and O–H groups in total. The Morgan fingerprint density at radius 2 is 1.61 bits per heavy atom. The second kappa shape index (κ2) is 6.27. The highest BCUT2D eigenvalue weighted by Crippen LogP contribution is 2.57. The van der Waals surface area contributed by atoms with Crippen LogP contribution in [0.2, 0.25) is 0 Å². The molecule has 0 unspecified atom stereocenters. The Balaban J connectivity index is 1.82. The molecule has 3 fully saturated rings. The lowest BCUT2D eigenvalue weighted by Crippen LogP contribution is -2.52. The molecule has 5 nitrogen and oxygen atoms in total. The van der Waals surface area contributed by atoms with Gasteiger partial charge in [-0.2, -0.15) is 0 Å². The lowest BCUT2D eigenvalue weighted by atomic mass is 9.78. The van der Waals surface area contributed by atoms with Gasteiger partial charge in [0.1, 0.15) is 0 Å². The van der Waals surface area contributed by atoms with E-state index in [1.54, 1.807) is 0 Å². The Morgan fingerprint density at radius 3 is 2.09 bits per heavy atom. The van der Waals surface area contributed by atoms with E-state index in [1.807, 2.05) is 4.90 Å². The van der Waals surface area contributed by atoms with Crippen molar-refractivity contribution in [2.45, 2.75) is 33.6 Å². The van der Waals surface area contributed by atoms with Gasteiger partial charge in [-0.3, -0.25) is 9.59 Å². The molecule has 0 aromatic rings. The Bertz CT molecular complexity index is 530. The van der Waals surface area contributed by atoms with Gasteiger partial charge in [0, 0.05) is 26.2 Å². The molecule has 5 heteroatoms. The number of carbonyl (C=O) groups excluding carboxylic acids is 1. The Kier molecular flexibility index (Phi) is 4.50. The average molecular weight is 320 g/mol. The van der Waals surface area contributed by atoms with Crippen LogP contribution in [-0.2, 0) is 9.59 Å². The molecule has 2 bridgehead atoms. The van der Waals surface area contributed by atoms with Crippen LogP contribution in [0.3, 0.4) is 0 Å². The number of likely N-dealkylation sites (N-methyl/N-ethyl adjacent to an activating group) is 1. The van der Waals surface area contributed by atoms with E-state index in [4.69, 9.17) is 0 Å². The van der Waals surface area contributed by atoms with Crippen molar-refractivity contribution in [2.24, 2.45) is 23.7 Å². The summed E-state index contributed by atoms with van der Waals surface area (Å²) in [6.45, 7) is 10.5. The van der Waals surface area contributed by atoms with Gasteiger partial charge in [0.15, 0.2) is 0 Å². The van der Waals surface area contributed by atoms with E-state index < -0.39 is 11.9 Å². The van der Waals surface area contributed by atoms with Gasteiger partial charge >= 0.3 is 5.97 Å². The van der Waals surface area contributed by atoms with Crippen LogP contribution in [0.5, 0.6) is 0 Å². The number of hydrogen-bond donors (Lipinski definition) is 1. The molecule has 0 spiro atoms. The molecule has 23 heavy (non-hydrogen) atoms. The third-order valence-electron chi connectivity index (χ3n) is 6.12. The fraction of sp³-hybridized carbons (Fsp3) is 0.778. The fourth-order valence-corrected chi connectivity index (χ4v) is 5.08. The number of carboxylic acid groups (broad SMARTS) is 1. The fourth-order valence-electron chi connectivity index (χ4n) is 5.08. The summed E-state index contributed by atoms with van der Waals surface area (Å²) in [4.78, 5) is 29.2. The summed E-state index contributed by atoms with van der Waals surface area (Å²) in [6, 6.07) is 0. The number of nitrogens with zero attached hydrogens (tertiary/aromatic N) is 2. The van der Waals surface area contributed by atoms with Crippen molar-refractivity contribution < 1.29 is 14.7 Å². The molecule has 1 heterocycles. The monoisotopic (exact) mass is 320 g/mol. The van der Waals surface area contributed by atoms with E-state index in [9.17, 15) is 14.7 Å². The second-order valence-corrected chi connectivity index (χ2v) is 7.40. The first-order valence-corrected chi connectivity index (χ1v) is 8.86. The maximum Gasteiger partial charge on any atom is 0.307 e. The minimum atomic E-state index is -0.790. The van der Waals surface area contributed by atoms with Crippen LogP contribution >= 0.6 is 0 Å². The summed E-state index contributed by atoms with van der Waals surface area (Å²) in [5.74, 6) is -1.34. The maximum atomic E-state index is 13.1. The van der Waals surface area contributed by atoms with Crippen LogP contribution in [0, 0.1) is 23.7 Å². The highest BCUT2D eigenvalue weighted by molar-refractivity contribution is 5.87. The predicted octanol–water partition coefficient (Wildman–Crippen LogP) is 1.84. The number of rotatable bonds is 3. The van der Waals surface area contributed by atoms with Crippen LogP contribution < -0.4 is 0 Å². The topological polar surface area (TPSA) is 60.9 Å². The molecule has 2 saturated carbocycles.